The zero-order valence-electron chi connectivity index (χ0n) is 19.7. The van der Waals surface area contributed by atoms with Crippen LogP contribution in [0.5, 0.6) is 0 Å². The summed E-state index contributed by atoms with van der Waals surface area (Å²) >= 11 is 3.91. The van der Waals surface area contributed by atoms with Gasteiger partial charge >= 0.3 is 5.97 Å². The lowest BCUT2D eigenvalue weighted by atomic mass is 9.95. The Bertz CT molecular complexity index is 1240. The number of aryl methyl sites for hydroxylation is 2. The molecule has 8 nitrogen and oxygen atoms in total. The average molecular weight is 531 g/mol. The van der Waals surface area contributed by atoms with Gasteiger partial charge in [-0.05, 0) is 64.2 Å². The van der Waals surface area contributed by atoms with E-state index in [2.05, 4.69) is 20.8 Å². The van der Waals surface area contributed by atoms with Gasteiger partial charge < -0.3 is 10.1 Å². The molecule has 0 spiro atoms. The van der Waals surface area contributed by atoms with Crippen LogP contribution in [0.15, 0.2) is 28.6 Å². The molecule has 2 N–H and O–H groups in total. The summed E-state index contributed by atoms with van der Waals surface area (Å²) in [7, 11) is 0. The molecule has 1 aliphatic carbocycles. The molecule has 4 rings (SSSR count). The van der Waals surface area contributed by atoms with E-state index < -0.39 is 5.25 Å². The third kappa shape index (κ3) is 6.09. The van der Waals surface area contributed by atoms with E-state index in [1.165, 1.54) is 34.4 Å². The summed E-state index contributed by atoms with van der Waals surface area (Å²) in [6.07, 6.45) is 3.83. The second-order valence-electron chi connectivity index (χ2n) is 8.08. The average Bonchev–Trinajstić information content (AvgIpc) is 3.43. The van der Waals surface area contributed by atoms with Crippen molar-refractivity contribution in [3.63, 3.8) is 0 Å². The first kappa shape index (κ1) is 25.3. The van der Waals surface area contributed by atoms with Crippen molar-refractivity contribution in [1.29, 1.82) is 0 Å². The van der Waals surface area contributed by atoms with Gasteiger partial charge in [-0.2, -0.15) is 0 Å². The monoisotopic (exact) mass is 530 g/mol. The molecule has 0 bridgehead atoms. The van der Waals surface area contributed by atoms with E-state index in [-0.39, 0.29) is 24.4 Å². The SMILES string of the molecule is CCOC(=O)c1c(NC(=O)C(C)Sc2nnc(NC(=O)c3ccc(C)cc3)s2)sc2c1CCCC2. The van der Waals surface area contributed by atoms with Crippen molar-refractivity contribution >= 4 is 62.4 Å². The Kier molecular flexibility index (Phi) is 8.19. The smallest absolute Gasteiger partial charge is 0.341 e. The summed E-state index contributed by atoms with van der Waals surface area (Å²) in [6, 6.07) is 7.24. The van der Waals surface area contributed by atoms with Crippen LogP contribution in [0.25, 0.3) is 0 Å². The number of carbonyl (C=O) groups is 3. The van der Waals surface area contributed by atoms with Crippen molar-refractivity contribution in [1.82, 2.24) is 10.2 Å². The summed E-state index contributed by atoms with van der Waals surface area (Å²) in [5, 5.41) is 14.2. The highest BCUT2D eigenvalue weighted by atomic mass is 32.2. The molecule has 0 saturated heterocycles. The number of thiophene rings is 1. The predicted molar refractivity (Wildman–Crippen MR) is 140 cm³/mol. The number of aromatic nitrogens is 2. The van der Waals surface area contributed by atoms with Crippen molar-refractivity contribution in [3.05, 3.63) is 51.4 Å². The lowest BCUT2D eigenvalue weighted by Gasteiger charge is -2.13. The number of nitrogens with one attached hydrogen (secondary N) is 2. The molecule has 2 amide bonds. The highest BCUT2D eigenvalue weighted by molar-refractivity contribution is 8.02. The second-order valence-corrected chi connectivity index (χ2v) is 11.7. The topological polar surface area (TPSA) is 110 Å². The van der Waals surface area contributed by atoms with Gasteiger partial charge in [0, 0.05) is 10.4 Å². The highest BCUT2D eigenvalue weighted by Crippen LogP contribution is 2.39. The van der Waals surface area contributed by atoms with Gasteiger partial charge in [-0.1, -0.05) is 40.8 Å². The molecule has 11 heteroatoms. The number of ether oxygens (including phenoxy) is 1. The Balaban J connectivity index is 1.40. The molecule has 35 heavy (non-hydrogen) atoms. The number of nitrogens with zero attached hydrogens (tertiary/aromatic N) is 2. The largest absolute Gasteiger partial charge is 0.462 e. The molecule has 0 aliphatic heterocycles. The Hall–Kier alpha value is -2.76. The van der Waals surface area contributed by atoms with Gasteiger partial charge in [-0.25, -0.2) is 4.79 Å². The second kappa shape index (κ2) is 11.3. The normalized spacial score (nSPS) is 13.6. The molecule has 1 atom stereocenters. The molecule has 0 saturated carbocycles. The Morgan fingerprint density at radius 1 is 1.09 bits per heavy atom. The van der Waals surface area contributed by atoms with Crippen LogP contribution >= 0.6 is 34.4 Å². The van der Waals surface area contributed by atoms with Crippen molar-refractivity contribution in [3.8, 4) is 0 Å². The summed E-state index contributed by atoms with van der Waals surface area (Å²) in [6.45, 7) is 5.78. The molecule has 1 aromatic carbocycles. The number of amides is 2. The number of hydrogen-bond acceptors (Lipinski definition) is 9. The third-order valence-electron chi connectivity index (χ3n) is 5.48. The lowest BCUT2D eigenvalue weighted by molar-refractivity contribution is -0.115. The molecule has 3 aromatic rings. The van der Waals surface area contributed by atoms with E-state index in [1.54, 1.807) is 26.0 Å². The van der Waals surface area contributed by atoms with E-state index in [4.69, 9.17) is 4.74 Å². The van der Waals surface area contributed by atoms with Gasteiger partial charge in [0.2, 0.25) is 11.0 Å². The van der Waals surface area contributed by atoms with Crippen LogP contribution in [-0.4, -0.2) is 39.8 Å². The summed E-state index contributed by atoms with van der Waals surface area (Å²) < 4.78 is 5.82. The number of rotatable bonds is 8. The van der Waals surface area contributed by atoms with Gasteiger partial charge in [0.1, 0.15) is 5.00 Å². The number of fused-ring (bicyclic) bond motifs is 1. The van der Waals surface area contributed by atoms with E-state index >= 15 is 0 Å². The minimum Gasteiger partial charge on any atom is -0.462 e. The number of hydrogen-bond donors (Lipinski definition) is 2. The molecule has 0 radical (unpaired) electrons. The first-order valence-electron chi connectivity index (χ1n) is 11.4. The van der Waals surface area contributed by atoms with Crippen LogP contribution in [0.4, 0.5) is 10.1 Å². The van der Waals surface area contributed by atoms with Crippen molar-refractivity contribution in [2.45, 2.75) is 56.0 Å². The van der Waals surface area contributed by atoms with E-state index in [9.17, 15) is 14.4 Å². The standard InChI is InChI=1S/C24H26N4O4S3/c1-4-32-22(31)18-16-7-5-6-8-17(16)34-21(18)25-19(29)14(3)33-24-28-27-23(35-24)26-20(30)15-11-9-13(2)10-12-15/h9-12,14H,4-8H2,1-3H3,(H,25,29)(H,26,27,30). The minimum atomic E-state index is -0.488. The molecular weight excluding hydrogens is 504 g/mol. The van der Waals surface area contributed by atoms with Crippen LogP contribution in [-0.2, 0) is 22.4 Å². The first-order chi connectivity index (χ1) is 16.9. The Morgan fingerprint density at radius 2 is 1.83 bits per heavy atom. The zero-order valence-corrected chi connectivity index (χ0v) is 22.1. The fraction of sp³-hybridized carbons (Fsp3) is 0.375. The van der Waals surface area contributed by atoms with E-state index in [0.717, 1.165) is 41.7 Å². The summed E-state index contributed by atoms with van der Waals surface area (Å²) in [5.41, 5.74) is 3.10. The lowest BCUT2D eigenvalue weighted by Crippen LogP contribution is -2.23. The van der Waals surface area contributed by atoms with Crippen molar-refractivity contribution in [2.24, 2.45) is 0 Å². The fourth-order valence-electron chi connectivity index (χ4n) is 3.67. The summed E-state index contributed by atoms with van der Waals surface area (Å²) in [5.74, 6) is -0.892. The fourth-order valence-corrected chi connectivity index (χ4v) is 6.84. The minimum absolute atomic E-state index is 0.236. The first-order valence-corrected chi connectivity index (χ1v) is 13.9. The maximum atomic E-state index is 13.0. The molecule has 1 aliphatic rings. The van der Waals surface area contributed by atoms with Crippen molar-refractivity contribution in [2.75, 3.05) is 17.2 Å². The predicted octanol–water partition coefficient (Wildman–Crippen LogP) is 5.34. The van der Waals surface area contributed by atoms with Crippen LogP contribution in [0.3, 0.4) is 0 Å². The summed E-state index contributed by atoms with van der Waals surface area (Å²) in [4.78, 5) is 39.1. The Labute approximate surface area is 215 Å². The van der Waals surface area contributed by atoms with Gasteiger partial charge in [-0.3, -0.25) is 14.9 Å². The molecule has 2 heterocycles. The maximum Gasteiger partial charge on any atom is 0.341 e. The van der Waals surface area contributed by atoms with Gasteiger partial charge in [0.05, 0.1) is 17.4 Å². The molecule has 1 unspecified atom stereocenters. The quantitative estimate of drug-likeness (QED) is 0.230. The van der Waals surface area contributed by atoms with Crippen LogP contribution in [0.1, 0.15) is 63.4 Å². The van der Waals surface area contributed by atoms with E-state index in [1.807, 2.05) is 19.1 Å². The van der Waals surface area contributed by atoms with Gasteiger partial charge in [-0.15, -0.1) is 21.5 Å². The zero-order chi connectivity index (χ0) is 24.9. The van der Waals surface area contributed by atoms with Gasteiger partial charge in [0.15, 0.2) is 4.34 Å². The van der Waals surface area contributed by atoms with Crippen LogP contribution in [0.2, 0.25) is 0 Å². The molecular formula is C24H26N4O4S3. The number of carbonyl (C=O) groups excluding carboxylic acids is 3. The van der Waals surface area contributed by atoms with Crippen molar-refractivity contribution < 1.29 is 19.1 Å². The maximum absolute atomic E-state index is 13.0. The Morgan fingerprint density at radius 3 is 2.57 bits per heavy atom. The van der Waals surface area contributed by atoms with Crippen LogP contribution in [0, 0.1) is 6.92 Å². The number of thioether (sulfide) groups is 1. The number of esters is 1. The molecule has 0 fully saturated rings. The number of anilines is 2. The molecule has 184 valence electrons. The van der Waals surface area contributed by atoms with Gasteiger partial charge in [0.25, 0.3) is 5.91 Å². The highest BCUT2D eigenvalue weighted by Gasteiger charge is 2.28. The number of benzene rings is 1. The van der Waals surface area contributed by atoms with E-state index in [0.29, 0.717) is 25.6 Å². The third-order valence-corrected chi connectivity index (χ3v) is 8.71. The molecule has 2 aromatic heterocycles. The van der Waals surface area contributed by atoms with Crippen LogP contribution < -0.4 is 10.6 Å².